The first-order chi connectivity index (χ1) is 15.1. The Balaban J connectivity index is 1.52. The van der Waals surface area contributed by atoms with Crippen LogP contribution in [-0.4, -0.2) is 33.4 Å². The molecule has 2 amide bonds. The summed E-state index contributed by atoms with van der Waals surface area (Å²) in [6, 6.07) is 13.1. The van der Waals surface area contributed by atoms with Gasteiger partial charge in [0.15, 0.2) is 0 Å². The SMILES string of the molecule is CCc1ccc(CNC(=O)NCC(C)(C)COc2cccc3c2C(N)=NS(=O)(=O)C3)cc1. The summed E-state index contributed by atoms with van der Waals surface area (Å²) in [5.74, 6) is 0.211. The second kappa shape index (κ2) is 9.60. The molecule has 2 aromatic rings. The predicted molar refractivity (Wildman–Crippen MR) is 125 cm³/mol. The first-order valence-electron chi connectivity index (χ1n) is 10.5. The van der Waals surface area contributed by atoms with Crippen molar-refractivity contribution in [3.8, 4) is 5.75 Å². The molecule has 4 N–H and O–H groups in total. The maximum absolute atomic E-state index is 12.2. The number of sulfonamides is 1. The van der Waals surface area contributed by atoms with E-state index in [9.17, 15) is 13.2 Å². The molecule has 0 fully saturated rings. The number of nitrogens with one attached hydrogen (secondary N) is 2. The maximum Gasteiger partial charge on any atom is 0.315 e. The third-order valence-corrected chi connectivity index (χ3v) is 6.32. The molecule has 0 aromatic heterocycles. The Morgan fingerprint density at radius 1 is 1.12 bits per heavy atom. The number of rotatable bonds is 8. The summed E-state index contributed by atoms with van der Waals surface area (Å²) in [5, 5.41) is 5.73. The topological polar surface area (TPSA) is 123 Å². The van der Waals surface area contributed by atoms with Gasteiger partial charge >= 0.3 is 6.03 Å². The van der Waals surface area contributed by atoms with Crippen molar-refractivity contribution in [2.75, 3.05) is 13.2 Å². The molecule has 1 aliphatic heterocycles. The van der Waals surface area contributed by atoms with Gasteiger partial charge in [0.05, 0.1) is 17.9 Å². The lowest BCUT2D eigenvalue weighted by molar-refractivity contribution is 0.174. The van der Waals surface area contributed by atoms with Crippen LogP contribution >= 0.6 is 0 Å². The number of hydrogen-bond donors (Lipinski definition) is 3. The fourth-order valence-corrected chi connectivity index (χ4v) is 4.40. The highest BCUT2D eigenvalue weighted by atomic mass is 32.2. The van der Waals surface area contributed by atoms with E-state index in [1.165, 1.54) is 5.56 Å². The molecule has 0 saturated heterocycles. The number of benzene rings is 2. The quantitative estimate of drug-likeness (QED) is 0.561. The largest absolute Gasteiger partial charge is 0.492 e. The average Bonchev–Trinajstić information content (AvgIpc) is 2.74. The summed E-state index contributed by atoms with van der Waals surface area (Å²) >= 11 is 0. The minimum atomic E-state index is -3.60. The van der Waals surface area contributed by atoms with Crippen LogP contribution in [0, 0.1) is 5.41 Å². The molecule has 32 heavy (non-hydrogen) atoms. The Labute approximate surface area is 189 Å². The molecule has 1 heterocycles. The van der Waals surface area contributed by atoms with Gasteiger partial charge in [-0.05, 0) is 29.2 Å². The Kier molecular flexibility index (Phi) is 7.08. The number of nitrogens with zero attached hydrogens (tertiary/aromatic N) is 1. The van der Waals surface area contributed by atoms with E-state index >= 15 is 0 Å². The summed E-state index contributed by atoms with van der Waals surface area (Å²) < 4.78 is 33.2. The van der Waals surface area contributed by atoms with E-state index in [1.807, 2.05) is 26.0 Å². The number of ether oxygens (including phenoxy) is 1. The van der Waals surface area contributed by atoms with E-state index in [2.05, 4.69) is 34.1 Å². The summed E-state index contributed by atoms with van der Waals surface area (Å²) in [6.07, 6.45) is 0.982. The summed E-state index contributed by atoms with van der Waals surface area (Å²) in [5.41, 5.74) is 8.88. The van der Waals surface area contributed by atoms with Gasteiger partial charge in [-0.1, -0.05) is 57.2 Å². The number of amides is 2. The molecule has 0 aliphatic carbocycles. The number of hydrogen-bond acceptors (Lipinski definition) is 5. The third kappa shape index (κ3) is 6.23. The molecule has 9 heteroatoms. The van der Waals surface area contributed by atoms with Crippen LogP contribution in [0.15, 0.2) is 46.9 Å². The van der Waals surface area contributed by atoms with Crippen molar-refractivity contribution in [1.82, 2.24) is 10.6 Å². The number of aryl methyl sites for hydroxylation is 1. The van der Waals surface area contributed by atoms with Gasteiger partial charge in [0.25, 0.3) is 10.0 Å². The molecule has 172 valence electrons. The predicted octanol–water partition coefficient (Wildman–Crippen LogP) is 2.70. The van der Waals surface area contributed by atoms with E-state index in [-0.39, 0.29) is 23.0 Å². The van der Waals surface area contributed by atoms with Gasteiger partial charge in [0.2, 0.25) is 0 Å². The smallest absolute Gasteiger partial charge is 0.315 e. The van der Waals surface area contributed by atoms with Crippen LogP contribution in [0.5, 0.6) is 5.75 Å². The molecule has 0 bridgehead atoms. The number of carbonyl (C=O) groups is 1. The highest BCUT2D eigenvalue weighted by molar-refractivity contribution is 7.89. The van der Waals surface area contributed by atoms with Crippen molar-refractivity contribution in [2.24, 2.45) is 15.5 Å². The molecular weight excluding hydrogens is 428 g/mol. The highest BCUT2D eigenvalue weighted by Crippen LogP contribution is 2.29. The minimum Gasteiger partial charge on any atom is -0.492 e. The lowest BCUT2D eigenvalue weighted by Gasteiger charge is -2.26. The van der Waals surface area contributed by atoms with Crippen LogP contribution < -0.4 is 21.1 Å². The number of urea groups is 1. The fourth-order valence-electron chi connectivity index (χ4n) is 3.31. The Bertz CT molecular complexity index is 1110. The summed E-state index contributed by atoms with van der Waals surface area (Å²) in [6.45, 7) is 7.17. The minimum absolute atomic E-state index is 0.0656. The number of amidine groups is 1. The van der Waals surface area contributed by atoms with Gasteiger partial charge in [0, 0.05) is 18.5 Å². The molecule has 0 saturated carbocycles. The van der Waals surface area contributed by atoms with Gasteiger partial charge < -0.3 is 21.1 Å². The fraction of sp³-hybridized carbons (Fsp3) is 0.391. The first-order valence-corrected chi connectivity index (χ1v) is 12.1. The third-order valence-electron chi connectivity index (χ3n) is 5.17. The van der Waals surface area contributed by atoms with Gasteiger partial charge in [-0.2, -0.15) is 0 Å². The van der Waals surface area contributed by atoms with Crippen LogP contribution in [0.2, 0.25) is 0 Å². The van der Waals surface area contributed by atoms with E-state index in [0.29, 0.717) is 36.6 Å². The number of carbonyl (C=O) groups excluding carboxylic acids is 1. The molecule has 0 radical (unpaired) electrons. The second-order valence-electron chi connectivity index (χ2n) is 8.65. The number of fused-ring (bicyclic) bond motifs is 1. The normalized spacial score (nSPS) is 14.8. The highest BCUT2D eigenvalue weighted by Gasteiger charge is 2.26. The maximum atomic E-state index is 12.2. The van der Waals surface area contributed by atoms with E-state index < -0.39 is 10.0 Å². The number of nitrogens with two attached hydrogens (primary N) is 1. The molecule has 1 aliphatic rings. The van der Waals surface area contributed by atoms with Crippen LogP contribution in [0.1, 0.15) is 43.0 Å². The van der Waals surface area contributed by atoms with Gasteiger partial charge in [-0.3, -0.25) is 0 Å². The monoisotopic (exact) mass is 458 g/mol. The van der Waals surface area contributed by atoms with Crippen LogP contribution in [0.4, 0.5) is 4.79 Å². The van der Waals surface area contributed by atoms with Crippen molar-refractivity contribution in [3.05, 3.63) is 64.7 Å². The van der Waals surface area contributed by atoms with Crippen molar-refractivity contribution in [3.63, 3.8) is 0 Å². The molecule has 0 atom stereocenters. The lowest BCUT2D eigenvalue weighted by Crippen LogP contribution is -2.42. The van der Waals surface area contributed by atoms with Gasteiger partial charge in [-0.15, -0.1) is 4.40 Å². The van der Waals surface area contributed by atoms with Crippen molar-refractivity contribution in [2.45, 2.75) is 39.5 Å². The van der Waals surface area contributed by atoms with Crippen molar-refractivity contribution < 1.29 is 17.9 Å². The second-order valence-corrected chi connectivity index (χ2v) is 10.3. The molecule has 0 spiro atoms. The Morgan fingerprint density at radius 2 is 1.81 bits per heavy atom. The van der Waals surface area contributed by atoms with Crippen molar-refractivity contribution in [1.29, 1.82) is 0 Å². The van der Waals surface area contributed by atoms with E-state index in [0.717, 1.165) is 12.0 Å². The van der Waals surface area contributed by atoms with Crippen LogP contribution in [-0.2, 0) is 28.7 Å². The zero-order valence-electron chi connectivity index (χ0n) is 18.6. The molecule has 2 aromatic carbocycles. The standard InChI is InChI=1S/C23H30N4O4S/c1-4-16-8-10-17(11-9-16)12-25-22(28)26-14-23(2,3)15-31-19-7-5-6-18-13-32(29,30)27-21(24)20(18)19/h5-11H,4,12-15H2,1-3H3,(H2,24,27)(H2,25,26,28). The zero-order valence-corrected chi connectivity index (χ0v) is 19.5. The Morgan fingerprint density at radius 3 is 2.50 bits per heavy atom. The molecule has 3 rings (SSSR count). The van der Waals surface area contributed by atoms with Gasteiger partial charge in [0.1, 0.15) is 11.6 Å². The van der Waals surface area contributed by atoms with Crippen LogP contribution in [0.3, 0.4) is 0 Å². The average molecular weight is 459 g/mol. The van der Waals surface area contributed by atoms with E-state index in [4.69, 9.17) is 10.5 Å². The molecule has 8 nitrogen and oxygen atoms in total. The van der Waals surface area contributed by atoms with Crippen LogP contribution in [0.25, 0.3) is 0 Å². The molecular formula is C23H30N4O4S. The van der Waals surface area contributed by atoms with Gasteiger partial charge in [-0.25, -0.2) is 13.2 Å². The summed E-state index contributed by atoms with van der Waals surface area (Å²) in [7, 11) is -3.60. The zero-order chi connectivity index (χ0) is 23.4. The first kappa shape index (κ1) is 23.6. The lowest BCUT2D eigenvalue weighted by atomic mass is 9.95. The Hall–Kier alpha value is -3.07. The van der Waals surface area contributed by atoms with Crippen molar-refractivity contribution >= 4 is 21.9 Å². The molecule has 0 unspecified atom stereocenters. The summed E-state index contributed by atoms with van der Waals surface area (Å²) in [4.78, 5) is 12.2. The van der Waals surface area contributed by atoms with E-state index in [1.54, 1.807) is 18.2 Å².